The van der Waals surface area contributed by atoms with Gasteiger partial charge in [0, 0.05) is 24.1 Å². The highest BCUT2D eigenvalue weighted by atomic mass is 16.4. The minimum Gasteiger partial charge on any atom is -0.441 e. The highest BCUT2D eigenvalue weighted by molar-refractivity contribution is 5.95. The third kappa shape index (κ3) is 3.24. The van der Waals surface area contributed by atoms with Crippen LogP contribution < -0.4 is 5.56 Å². The number of aryl methyl sites for hydroxylation is 4. The van der Waals surface area contributed by atoms with E-state index in [1.165, 1.54) is 0 Å². The lowest BCUT2D eigenvalue weighted by Crippen LogP contribution is -2.22. The molecule has 0 amide bonds. The first-order valence-electron chi connectivity index (χ1n) is 10.6. The molecule has 0 fully saturated rings. The minimum absolute atomic E-state index is 0.0980. The van der Waals surface area contributed by atoms with Crippen LogP contribution in [0.1, 0.15) is 22.7 Å². The first kappa shape index (κ1) is 20.0. The van der Waals surface area contributed by atoms with Gasteiger partial charge in [-0.15, -0.1) is 0 Å². The minimum atomic E-state index is -0.0980. The Hall–Kier alpha value is -3.93. The first-order chi connectivity index (χ1) is 15.4. The molecule has 0 atom stereocenters. The summed E-state index contributed by atoms with van der Waals surface area (Å²) in [5.74, 6) is 1.27. The number of benzene rings is 2. The predicted octanol–water partition coefficient (Wildman–Crippen LogP) is 5.03. The summed E-state index contributed by atoms with van der Waals surface area (Å²) in [6.07, 6.45) is 0. The number of rotatable bonds is 4. The van der Waals surface area contributed by atoms with Crippen molar-refractivity contribution in [2.24, 2.45) is 7.05 Å². The van der Waals surface area contributed by atoms with Crippen LogP contribution in [0.2, 0.25) is 0 Å². The van der Waals surface area contributed by atoms with Crippen LogP contribution >= 0.6 is 0 Å². The van der Waals surface area contributed by atoms with Gasteiger partial charge >= 0.3 is 0 Å². The van der Waals surface area contributed by atoms with Crippen LogP contribution in [0.4, 0.5) is 0 Å². The van der Waals surface area contributed by atoms with Crippen molar-refractivity contribution in [3.8, 4) is 22.6 Å². The Bertz CT molecular complexity index is 1510. The predicted molar refractivity (Wildman–Crippen MR) is 126 cm³/mol. The van der Waals surface area contributed by atoms with Crippen molar-refractivity contribution in [2.75, 3.05) is 0 Å². The van der Waals surface area contributed by atoms with Crippen molar-refractivity contribution in [3.63, 3.8) is 0 Å². The lowest BCUT2D eigenvalue weighted by Gasteiger charge is -2.11. The molecular formula is C26H24N4O2. The van der Waals surface area contributed by atoms with Crippen LogP contribution in [0, 0.1) is 20.8 Å². The fourth-order valence-corrected chi connectivity index (χ4v) is 4.30. The standard InChI is InChI=1S/C26H24N4O2/c1-16-10-8-9-13-20(16)25-27-22(18(3)32-25)15-30-23(31)14-21(19-11-6-5-7-12-19)24-17(2)28-29(4)26(24)30/h5-14H,15H2,1-4H3. The summed E-state index contributed by atoms with van der Waals surface area (Å²) in [6.45, 7) is 6.20. The molecule has 0 aliphatic heterocycles. The average Bonchev–Trinajstić information content (AvgIpc) is 3.29. The van der Waals surface area contributed by atoms with Gasteiger partial charge in [0.2, 0.25) is 5.89 Å². The number of hydrogen-bond acceptors (Lipinski definition) is 4. The van der Waals surface area contributed by atoms with E-state index in [0.29, 0.717) is 18.2 Å². The van der Waals surface area contributed by atoms with E-state index >= 15 is 0 Å². The van der Waals surface area contributed by atoms with E-state index in [1.807, 2.05) is 82.4 Å². The highest BCUT2D eigenvalue weighted by Crippen LogP contribution is 2.30. The highest BCUT2D eigenvalue weighted by Gasteiger charge is 2.20. The normalized spacial score (nSPS) is 11.4. The number of hydrogen-bond donors (Lipinski definition) is 0. The van der Waals surface area contributed by atoms with Gasteiger partial charge in [-0.25, -0.2) is 4.98 Å². The van der Waals surface area contributed by atoms with Gasteiger partial charge in [-0.2, -0.15) is 5.10 Å². The quantitative estimate of drug-likeness (QED) is 0.406. The molecule has 0 radical (unpaired) electrons. The van der Waals surface area contributed by atoms with Gasteiger partial charge in [0.25, 0.3) is 5.56 Å². The maximum Gasteiger partial charge on any atom is 0.253 e. The molecule has 3 aromatic heterocycles. The Balaban J connectivity index is 1.66. The van der Waals surface area contributed by atoms with Crippen LogP contribution in [0.3, 0.4) is 0 Å². The Kier molecular flexibility index (Phi) is 4.78. The van der Waals surface area contributed by atoms with Gasteiger partial charge < -0.3 is 4.42 Å². The molecule has 0 spiro atoms. The van der Waals surface area contributed by atoms with Crippen LogP contribution in [-0.2, 0) is 13.6 Å². The monoisotopic (exact) mass is 424 g/mol. The molecule has 0 unspecified atom stereocenters. The van der Waals surface area contributed by atoms with E-state index in [1.54, 1.807) is 15.3 Å². The number of pyridine rings is 1. The van der Waals surface area contributed by atoms with Gasteiger partial charge in [-0.05, 0) is 43.5 Å². The van der Waals surface area contributed by atoms with Gasteiger partial charge in [0.05, 0.1) is 12.2 Å². The number of nitrogens with zero attached hydrogens (tertiary/aromatic N) is 4. The second kappa shape index (κ2) is 7.64. The topological polar surface area (TPSA) is 65.8 Å². The van der Waals surface area contributed by atoms with Gasteiger partial charge in [-0.1, -0.05) is 48.5 Å². The summed E-state index contributed by atoms with van der Waals surface area (Å²) in [7, 11) is 1.87. The third-order valence-electron chi connectivity index (χ3n) is 5.91. The summed E-state index contributed by atoms with van der Waals surface area (Å²) in [4.78, 5) is 18.0. The van der Waals surface area contributed by atoms with E-state index in [-0.39, 0.29) is 5.56 Å². The molecule has 32 heavy (non-hydrogen) atoms. The molecule has 160 valence electrons. The van der Waals surface area contributed by atoms with E-state index < -0.39 is 0 Å². The molecule has 3 heterocycles. The Morgan fingerprint density at radius 3 is 2.41 bits per heavy atom. The second-order valence-electron chi connectivity index (χ2n) is 8.09. The number of fused-ring (bicyclic) bond motifs is 1. The van der Waals surface area contributed by atoms with E-state index in [2.05, 4.69) is 5.10 Å². The molecule has 5 rings (SSSR count). The number of oxazole rings is 1. The fraction of sp³-hybridized carbons (Fsp3) is 0.192. The molecule has 6 heteroatoms. The Morgan fingerprint density at radius 2 is 1.66 bits per heavy atom. The lowest BCUT2D eigenvalue weighted by molar-refractivity contribution is 0.537. The van der Waals surface area contributed by atoms with E-state index in [9.17, 15) is 4.79 Å². The van der Waals surface area contributed by atoms with Crippen molar-refractivity contribution in [1.29, 1.82) is 0 Å². The molecule has 0 aliphatic carbocycles. The summed E-state index contributed by atoms with van der Waals surface area (Å²) in [5.41, 5.74) is 6.23. The largest absolute Gasteiger partial charge is 0.441 e. The Labute approximate surface area is 185 Å². The van der Waals surface area contributed by atoms with Crippen molar-refractivity contribution in [3.05, 3.63) is 93.7 Å². The zero-order valence-corrected chi connectivity index (χ0v) is 18.6. The SMILES string of the molecule is Cc1ccccc1-c1nc(Cn2c(=O)cc(-c3ccccc3)c3c(C)nn(C)c32)c(C)o1. The lowest BCUT2D eigenvalue weighted by atomic mass is 10.0. The summed E-state index contributed by atoms with van der Waals surface area (Å²) < 4.78 is 9.49. The molecule has 0 aliphatic rings. The molecule has 0 saturated carbocycles. The maximum atomic E-state index is 13.3. The fourth-order valence-electron chi connectivity index (χ4n) is 4.30. The van der Waals surface area contributed by atoms with E-state index in [0.717, 1.165) is 44.7 Å². The second-order valence-corrected chi connectivity index (χ2v) is 8.09. The summed E-state index contributed by atoms with van der Waals surface area (Å²) in [5, 5.41) is 5.59. The van der Waals surface area contributed by atoms with Crippen molar-refractivity contribution >= 4 is 11.0 Å². The molecule has 0 N–H and O–H groups in total. The van der Waals surface area contributed by atoms with Crippen molar-refractivity contribution in [2.45, 2.75) is 27.3 Å². The summed E-state index contributed by atoms with van der Waals surface area (Å²) in [6, 6.07) is 19.6. The van der Waals surface area contributed by atoms with Crippen molar-refractivity contribution < 1.29 is 4.42 Å². The molecule has 0 bridgehead atoms. The molecular weight excluding hydrogens is 400 g/mol. The average molecular weight is 425 g/mol. The number of aromatic nitrogens is 4. The zero-order valence-electron chi connectivity index (χ0n) is 18.6. The molecule has 5 aromatic rings. The van der Waals surface area contributed by atoms with Crippen LogP contribution in [0.5, 0.6) is 0 Å². The summed E-state index contributed by atoms with van der Waals surface area (Å²) >= 11 is 0. The van der Waals surface area contributed by atoms with E-state index in [4.69, 9.17) is 9.40 Å². The third-order valence-corrected chi connectivity index (χ3v) is 5.91. The smallest absolute Gasteiger partial charge is 0.253 e. The molecule has 2 aromatic carbocycles. The Morgan fingerprint density at radius 1 is 0.938 bits per heavy atom. The van der Waals surface area contributed by atoms with Gasteiger partial charge in [0.15, 0.2) is 0 Å². The zero-order chi connectivity index (χ0) is 22.4. The molecule has 0 saturated heterocycles. The van der Waals surface area contributed by atoms with Crippen molar-refractivity contribution in [1.82, 2.24) is 19.3 Å². The van der Waals surface area contributed by atoms with Crippen LogP contribution in [0.15, 0.2) is 69.9 Å². The molecule has 6 nitrogen and oxygen atoms in total. The maximum absolute atomic E-state index is 13.3. The van der Waals surface area contributed by atoms with Gasteiger partial charge in [0.1, 0.15) is 17.1 Å². The van der Waals surface area contributed by atoms with Gasteiger partial charge in [-0.3, -0.25) is 14.0 Å². The first-order valence-corrected chi connectivity index (χ1v) is 10.6. The van der Waals surface area contributed by atoms with Crippen LogP contribution in [0.25, 0.3) is 33.6 Å². The van der Waals surface area contributed by atoms with Crippen LogP contribution in [-0.4, -0.2) is 19.3 Å².